The summed E-state index contributed by atoms with van der Waals surface area (Å²) >= 11 is 1.36. The fourth-order valence-electron chi connectivity index (χ4n) is 2.99. The minimum Gasteiger partial charge on any atom is -0.422 e. The van der Waals surface area contributed by atoms with Crippen molar-refractivity contribution in [3.63, 3.8) is 0 Å². The van der Waals surface area contributed by atoms with Gasteiger partial charge in [0.05, 0.1) is 16.8 Å². The van der Waals surface area contributed by atoms with Crippen LogP contribution >= 0.6 is 11.3 Å². The Hall–Kier alpha value is -3.43. The first-order chi connectivity index (χ1) is 13.1. The number of nitrogens with zero attached hydrogens (tertiary/aromatic N) is 2. The van der Waals surface area contributed by atoms with Gasteiger partial charge in [0.25, 0.3) is 5.91 Å². The zero-order valence-corrected chi connectivity index (χ0v) is 15.2. The molecule has 0 N–H and O–H groups in total. The van der Waals surface area contributed by atoms with Crippen molar-refractivity contribution in [2.45, 2.75) is 13.5 Å². The molecule has 0 saturated carbocycles. The lowest BCUT2D eigenvalue weighted by molar-refractivity contribution is 0.0994. The molecular weight excluding hydrogens is 360 g/mol. The van der Waals surface area contributed by atoms with Crippen molar-refractivity contribution in [1.82, 2.24) is 4.57 Å². The maximum atomic E-state index is 12.7. The molecule has 2 aromatic carbocycles. The van der Waals surface area contributed by atoms with Crippen molar-refractivity contribution in [1.29, 1.82) is 0 Å². The molecule has 4 aromatic rings. The van der Waals surface area contributed by atoms with E-state index in [9.17, 15) is 9.59 Å². The third kappa shape index (κ3) is 2.98. The van der Waals surface area contributed by atoms with Crippen LogP contribution in [0.1, 0.15) is 15.9 Å². The Balaban J connectivity index is 1.92. The van der Waals surface area contributed by atoms with Gasteiger partial charge < -0.3 is 8.98 Å². The summed E-state index contributed by atoms with van der Waals surface area (Å²) in [6.07, 6.45) is 5.50. The first-order valence-electron chi connectivity index (χ1n) is 8.23. The average molecular weight is 374 g/mol. The summed E-state index contributed by atoms with van der Waals surface area (Å²) in [6.45, 7) is 2.26. The number of thiazole rings is 1. The van der Waals surface area contributed by atoms with E-state index < -0.39 is 11.5 Å². The predicted octanol–water partition coefficient (Wildman–Crippen LogP) is 3.49. The molecule has 0 aliphatic carbocycles. The number of rotatable bonds is 2. The van der Waals surface area contributed by atoms with Crippen LogP contribution in [0.4, 0.5) is 0 Å². The molecule has 27 heavy (non-hydrogen) atoms. The van der Waals surface area contributed by atoms with Crippen LogP contribution in [0.2, 0.25) is 0 Å². The Morgan fingerprint density at radius 2 is 2.07 bits per heavy atom. The number of para-hydroxylation sites is 2. The van der Waals surface area contributed by atoms with Crippen molar-refractivity contribution in [3.05, 3.63) is 74.9 Å². The maximum Gasteiger partial charge on any atom is 0.349 e. The molecule has 0 atom stereocenters. The van der Waals surface area contributed by atoms with E-state index in [1.54, 1.807) is 18.2 Å². The summed E-state index contributed by atoms with van der Waals surface area (Å²) in [6, 6.07) is 14.4. The highest BCUT2D eigenvalue weighted by Gasteiger charge is 2.15. The van der Waals surface area contributed by atoms with Gasteiger partial charge in [-0.3, -0.25) is 4.79 Å². The molecular formula is C21H14N2O3S. The largest absolute Gasteiger partial charge is 0.422 e. The minimum absolute atomic E-state index is 0.102. The van der Waals surface area contributed by atoms with Gasteiger partial charge in [-0.15, -0.1) is 6.42 Å². The molecule has 132 valence electrons. The summed E-state index contributed by atoms with van der Waals surface area (Å²) in [5.41, 5.74) is 1.60. The van der Waals surface area contributed by atoms with Gasteiger partial charge in [-0.05, 0) is 30.7 Å². The Bertz CT molecular complexity index is 1370. The van der Waals surface area contributed by atoms with Crippen molar-refractivity contribution < 1.29 is 9.21 Å². The first kappa shape index (κ1) is 17.0. The SMILES string of the molecule is C#CCn1c(=NC(=O)c2cc3ccccc3oc2=O)sc2cccc(C)c21. The van der Waals surface area contributed by atoms with E-state index in [0.717, 1.165) is 15.8 Å². The molecule has 6 heteroatoms. The van der Waals surface area contributed by atoms with Gasteiger partial charge in [0, 0.05) is 5.39 Å². The van der Waals surface area contributed by atoms with Gasteiger partial charge in [0.2, 0.25) is 0 Å². The van der Waals surface area contributed by atoms with Crippen LogP contribution in [0.3, 0.4) is 0 Å². The second kappa shape index (κ2) is 6.71. The lowest BCUT2D eigenvalue weighted by atomic mass is 10.2. The first-order valence-corrected chi connectivity index (χ1v) is 9.04. The molecule has 4 rings (SSSR count). The Kier molecular flexibility index (Phi) is 4.22. The quantitative estimate of drug-likeness (QED) is 0.398. The van der Waals surface area contributed by atoms with E-state index >= 15 is 0 Å². The van der Waals surface area contributed by atoms with Gasteiger partial charge in [0.1, 0.15) is 11.1 Å². The van der Waals surface area contributed by atoms with Crippen LogP contribution in [0.15, 0.2) is 62.7 Å². The summed E-state index contributed by atoms with van der Waals surface area (Å²) in [4.78, 5) is 29.6. The number of fused-ring (bicyclic) bond motifs is 2. The van der Waals surface area contributed by atoms with Gasteiger partial charge in [-0.2, -0.15) is 4.99 Å². The van der Waals surface area contributed by atoms with Crippen molar-refractivity contribution in [2.75, 3.05) is 0 Å². The highest BCUT2D eigenvalue weighted by molar-refractivity contribution is 7.16. The van der Waals surface area contributed by atoms with Gasteiger partial charge in [0.15, 0.2) is 4.80 Å². The zero-order chi connectivity index (χ0) is 19.0. The van der Waals surface area contributed by atoms with Crippen LogP contribution in [0.5, 0.6) is 0 Å². The fraction of sp³-hybridized carbons (Fsp3) is 0.0952. The third-order valence-electron chi connectivity index (χ3n) is 4.22. The van der Waals surface area contributed by atoms with Gasteiger partial charge in [-0.25, -0.2) is 4.79 Å². The highest BCUT2D eigenvalue weighted by atomic mass is 32.1. The number of hydrogen-bond donors (Lipinski definition) is 0. The monoisotopic (exact) mass is 374 g/mol. The van der Waals surface area contributed by atoms with Crippen molar-refractivity contribution >= 4 is 38.4 Å². The number of aromatic nitrogens is 1. The van der Waals surface area contributed by atoms with Crippen LogP contribution in [-0.4, -0.2) is 10.5 Å². The maximum absolute atomic E-state index is 12.7. The molecule has 0 aliphatic heterocycles. The molecule has 2 aromatic heterocycles. The molecule has 5 nitrogen and oxygen atoms in total. The molecule has 0 aliphatic rings. The van der Waals surface area contributed by atoms with Crippen LogP contribution in [0.25, 0.3) is 21.2 Å². The summed E-state index contributed by atoms with van der Waals surface area (Å²) in [5.74, 6) is 1.95. The summed E-state index contributed by atoms with van der Waals surface area (Å²) < 4.78 is 8.03. The summed E-state index contributed by atoms with van der Waals surface area (Å²) in [5, 5.41) is 0.666. The highest BCUT2D eigenvalue weighted by Crippen LogP contribution is 2.21. The van der Waals surface area contributed by atoms with Crippen LogP contribution < -0.4 is 10.4 Å². The Labute approximate surface area is 158 Å². The van der Waals surface area contributed by atoms with Crippen molar-refractivity contribution in [3.8, 4) is 12.3 Å². The summed E-state index contributed by atoms with van der Waals surface area (Å²) in [7, 11) is 0. The number of aryl methyl sites for hydroxylation is 1. The zero-order valence-electron chi connectivity index (χ0n) is 14.4. The molecule has 0 unspecified atom stereocenters. The van der Waals surface area contributed by atoms with E-state index in [-0.39, 0.29) is 12.1 Å². The van der Waals surface area contributed by atoms with Gasteiger partial charge >= 0.3 is 5.63 Å². The number of carbonyl (C=O) groups excluding carboxylic acids is 1. The normalized spacial score (nSPS) is 11.8. The molecule has 0 spiro atoms. The fourth-order valence-corrected chi connectivity index (χ4v) is 4.09. The molecule has 0 saturated heterocycles. The number of amides is 1. The molecule has 1 amide bonds. The minimum atomic E-state index is -0.705. The van der Waals surface area contributed by atoms with E-state index in [1.165, 1.54) is 17.4 Å². The molecule has 0 fully saturated rings. The van der Waals surface area contributed by atoms with E-state index in [0.29, 0.717) is 15.8 Å². The third-order valence-corrected chi connectivity index (χ3v) is 5.26. The van der Waals surface area contributed by atoms with Crippen LogP contribution in [-0.2, 0) is 6.54 Å². The second-order valence-electron chi connectivity index (χ2n) is 6.00. The molecule has 0 bridgehead atoms. The number of hydrogen-bond acceptors (Lipinski definition) is 4. The number of carbonyl (C=O) groups is 1. The van der Waals surface area contributed by atoms with E-state index in [1.807, 2.05) is 35.8 Å². The van der Waals surface area contributed by atoms with E-state index in [4.69, 9.17) is 10.8 Å². The lowest BCUT2D eigenvalue weighted by Gasteiger charge is -2.02. The van der Waals surface area contributed by atoms with Crippen molar-refractivity contribution in [2.24, 2.45) is 4.99 Å². The Morgan fingerprint density at radius 3 is 2.89 bits per heavy atom. The number of terminal acetylenes is 1. The average Bonchev–Trinajstić information content (AvgIpc) is 3.00. The number of benzene rings is 2. The smallest absolute Gasteiger partial charge is 0.349 e. The topological polar surface area (TPSA) is 64.6 Å². The van der Waals surface area contributed by atoms with Gasteiger partial charge in [-0.1, -0.05) is 47.6 Å². The molecule has 2 heterocycles. The second-order valence-corrected chi connectivity index (χ2v) is 7.01. The lowest BCUT2D eigenvalue weighted by Crippen LogP contribution is -2.19. The Morgan fingerprint density at radius 1 is 1.26 bits per heavy atom. The predicted molar refractivity (Wildman–Crippen MR) is 106 cm³/mol. The van der Waals surface area contributed by atoms with E-state index in [2.05, 4.69) is 10.9 Å². The molecule has 0 radical (unpaired) electrons. The standard InChI is InChI=1S/C21H14N2O3S/c1-3-11-23-18-13(2)7-6-10-17(18)27-21(23)22-19(24)15-12-14-8-4-5-9-16(14)26-20(15)25/h1,4-10,12H,11H2,2H3. The van der Waals surface area contributed by atoms with Crippen LogP contribution in [0, 0.1) is 19.3 Å².